The van der Waals surface area contributed by atoms with Crippen molar-refractivity contribution in [3.8, 4) is 0 Å². The number of rotatable bonds is 5. The van der Waals surface area contributed by atoms with Crippen LogP contribution in [-0.2, 0) is 9.84 Å². The molecule has 112 valence electrons. The van der Waals surface area contributed by atoms with Gasteiger partial charge in [-0.25, -0.2) is 12.8 Å². The molecule has 0 bridgehead atoms. The minimum Gasteiger partial charge on any atom is -0.312 e. The second-order valence-electron chi connectivity index (χ2n) is 6.33. The molecule has 0 spiro atoms. The summed E-state index contributed by atoms with van der Waals surface area (Å²) in [5.74, 6) is 0.243. The zero-order valence-corrected chi connectivity index (χ0v) is 13.0. The standard InChI is InChI=1S/C15H22FNO2S/c1-15(2,20(3,18)19)10-17-14-8-12(9-14)11-4-6-13(16)7-5-11/h4-7,12,14,17H,8-10H2,1-3H3. The van der Waals surface area contributed by atoms with Gasteiger partial charge in [0.15, 0.2) is 9.84 Å². The van der Waals surface area contributed by atoms with Crippen molar-refractivity contribution in [2.24, 2.45) is 0 Å². The average molecular weight is 299 g/mol. The zero-order valence-electron chi connectivity index (χ0n) is 12.2. The Morgan fingerprint density at radius 2 is 1.80 bits per heavy atom. The maximum Gasteiger partial charge on any atom is 0.153 e. The van der Waals surface area contributed by atoms with Crippen LogP contribution in [0.15, 0.2) is 24.3 Å². The predicted molar refractivity (Wildman–Crippen MR) is 79.1 cm³/mol. The van der Waals surface area contributed by atoms with Crippen LogP contribution in [0.5, 0.6) is 0 Å². The van der Waals surface area contributed by atoms with E-state index in [0.29, 0.717) is 18.5 Å². The highest BCUT2D eigenvalue weighted by molar-refractivity contribution is 7.92. The largest absolute Gasteiger partial charge is 0.312 e. The Hall–Kier alpha value is -0.940. The number of sulfone groups is 1. The van der Waals surface area contributed by atoms with Gasteiger partial charge in [-0.15, -0.1) is 0 Å². The third-order valence-electron chi connectivity index (χ3n) is 4.30. The molecular formula is C15H22FNO2S. The quantitative estimate of drug-likeness (QED) is 0.908. The van der Waals surface area contributed by atoms with E-state index in [0.717, 1.165) is 18.4 Å². The predicted octanol–water partition coefficient (Wildman–Crippen LogP) is 2.48. The number of nitrogens with one attached hydrogen (secondary N) is 1. The van der Waals surface area contributed by atoms with Crippen molar-refractivity contribution >= 4 is 9.84 Å². The Kier molecular flexibility index (Phi) is 4.21. The molecule has 1 aliphatic rings. The molecule has 1 fully saturated rings. The van der Waals surface area contributed by atoms with Crippen molar-refractivity contribution in [2.75, 3.05) is 12.8 Å². The molecule has 0 saturated heterocycles. The second-order valence-corrected chi connectivity index (χ2v) is 8.98. The maximum atomic E-state index is 12.8. The molecule has 1 aromatic rings. The first kappa shape index (κ1) is 15.4. The molecule has 1 aliphatic carbocycles. The molecule has 0 heterocycles. The summed E-state index contributed by atoms with van der Waals surface area (Å²) in [5.41, 5.74) is 1.16. The van der Waals surface area contributed by atoms with Gasteiger partial charge in [0.05, 0.1) is 4.75 Å². The van der Waals surface area contributed by atoms with Crippen LogP contribution >= 0.6 is 0 Å². The SMILES string of the molecule is CC(C)(CNC1CC(c2ccc(F)cc2)C1)S(C)(=O)=O. The van der Waals surface area contributed by atoms with Gasteiger partial charge in [-0.05, 0) is 50.3 Å². The Bertz CT molecular complexity index is 560. The second kappa shape index (κ2) is 5.45. The molecule has 0 aromatic heterocycles. The lowest BCUT2D eigenvalue weighted by atomic mass is 9.76. The van der Waals surface area contributed by atoms with Gasteiger partial charge in [0.1, 0.15) is 5.82 Å². The van der Waals surface area contributed by atoms with E-state index in [4.69, 9.17) is 0 Å². The van der Waals surface area contributed by atoms with E-state index in [-0.39, 0.29) is 5.82 Å². The lowest BCUT2D eigenvalue weighted by Crippen LogP contribution is -2.49. The average Bonchev–Trinajstić information content (AvgIpc) is 2.27. The lowest BCUT2D eigenvalue weighted by molar-refractivity contribution is 0.284. The fourth-order valence-corrected chi connectivity index (χ4v) is 2.66. The van der Waals surface area contributed by atoms with Crippen molar-refractivity contribution in [1.82, 2.24) is 5.32 Å². The fraction of sp³-hybridized carbons (Fsp3) is 0.600. The first-order valence-corrected chi connectivity index (χ1v) is 8.76. The summed E-state index contributed by atoms with van der Waals surface area (Å²) >= 11 is 0. The summed E-state index contributed by atoms with van der Waals surface area (Å²) in [6.07, 6.45) is 3.23. The van der Waals surface area contributed by atoms with Crippen molar-refractivity contribution in [3.63, 3.8) is 0 Å². The number of hydrogen-bond acceptors (Lipinski definition) is 3. The highest BCUT2D eigenvalue weighted by Gasteiger charge is 2.34. The first-order chi connectivity index (χ1) is 9.19. The summed E-state index contributed by atoms with van der Waals surface area (Å²) in [6.45, 7) is 3.95. The van der Waals surface area contributed by atoms with Crippen LogP contribution in [0.4, 0.5) is 4.39 Å². The summed E-state index contributed by atoms with van der Waals surface area (Å²) in [7, 11) is -3.06. The van der Waals surface area contributed by atoms with E-state index in [1.54, 1.807) is 13.8 Å². The monoisotopic (exact) mass is 299 g/mol. The lowest BCUT2D eigenvalue weighted by Gasteiger charge is -2.38. The Morgan fingerprint density at radius 1 is 1.25 bits per heavy atom. The third-order valence-corrected chi connectivity index (χ3v) is 6.45. The molecule has 2 rings (SSSR count). The topological polar surface area (TPSA) is 46.2 Å². The summed E-state index contributed by atoms with van der Waals surface area (Å²) < 4.78 is 35.3. The molecule has 0 aliphatic heterocycles. The van der Waals surface area contributed by atoms with Crippen LogP contribution in [0.3, 0.4) is 0 Å². The van der Waals surface area contributed by atoms with E-state index in [9.17, 15) is 12.8 Å². The van der Waals surface area contributed by atoms with Crippen LogP contribution in [0, 0.1) is 5.82 Å². The van der Waals surface area contributed by atoms with Gasteiger partial charge in [-0.2, -0.15) is 0 Å². The number of hydrogen-bond donors (Lipinski definition) is 1. The normalized spacial score (nSPS) is 23.4. The fourth-order valence-electron chi connectivity index (χ4n) is 2.31. The molecule has 1 saturated carbocycles. The van der Waals surface area contributed by atoms with Gasteiger partial charge in [0, 0.05) is 18.8 Å². The molecule has 1 aromatic carbocycles. The molecule has 1 N–H and O–H groups in total. The molecule has 3 nitrogen and oxygen atoms in total. The molecule has 5 heteroatoms. The van der Waals surface area contributed by atoms with Gasteiger partial charge >= 0.3 is 0 Å². The van der Waals surface area contributed by atoms with Gasteiger partial charge in [-0.3, -0.25) is 0 Å². The van der Waals surface area contributed by atoms with Crippen LogP contribution in [0.2, 0.25) is 0 Å². The van der Waals surface area contributed by atoms with E-state index in [1.807, 2.05) is 12.1 Å². The first-order valence-electron chi connectivity index (χ1n) is 6.87. The highest BCUT2D eigenvalue weighted by Crippen LogP contribution is 2.37. The van der Waals surface area contributed by atoms with Crippen molar-refractivity contribution < 1.29 is 12.8 Å². The van der Waals surface area contributed by atoms with Gasteiger partial charge < -0.3 is 5.32 Å². The number of halogens is 1. The Morgan fingerprint density at radius 3 is 2.30 bits per heavy atom. The number of benzene rings is 1. The third kappa shape index (κ3) is 3.38. The van der Waals surface area contributed by atoms with E-state index in [1.165, 1.54) is 18.4 Å². The Balaban J connectivity index is 1.82. The molecular weight excluding hydrogens is 277 g/mol. The van der Waals surface area contributed by atoms with Crippen LogP contribution in [0.25, 0.3) is 0 Å². The summed E-state index contributed by atoms with van der Waals surface area (Å²) in [5, 5.41) is 3.32. The molecule has 0 atom stereocenters. The van der Waals surface area contributed by atoms with E-state index < -0.39 is 14.6 Å². The molecule has 0 unspecified atom stereocenters. The maximum absolute atomic E-state index is 12.8. The van der Waals surface area contributed by atoms with Crippen molar-refractivity contribution in [2.45, 2.75) is 43.4 Å². The minimum atomic E-state index is -3.06. The van der Waals surface area contributed by atoms with Crippen molar-refractivity contribution in [3.05, 3.63) is 35.6 Å². The van der Waals surface area contributed by atoms with Gasteiger partial charge in [0.25, 0.3) is 0 Å². The van der Waals surface area contributed by atoms with E-state index >= 15 is 0 Å². The smallest absolute Gasteiger partial charge is 0.153 e. The molecule has 0 amide bonds. The molecule has 0 radical (unpaired) electrons. The van der Waals surface area contributed by atoms with Gasteiger partial charge in [-0.1, -0.05) is 12.1 Å². The van der Waals surface area contributed by atoms with Crippen LogP contribution < -0.4 is 5.32 Å². The Labute approximate surface area is 120 Å². The van der Waals surface area contributed by atoms with Crippen LogP contribution in [-0.4, -0.2) is 32.0 Å². The van der Waals surface area contributed by atoms with Crippen molar-refractivity contribution in [1.29, 1.82) is 0 Å². The van der Waals surface area contributed by atoms with Crippen LogP contribution in [0.1, 0.15) is 38.2 Å². The van der Waals surface area contributed by atoms with Gasteiger partial charge in [0.2, 0.25) is 0 Å². The summed E-state index contributed by atoms with van der Waals surface area (Å²) in [6, 6.07) is 6.99. The minimum absolute atomic E-state index is 0.211. The molecule has 20 heavy (non-hydrogen) atoms. The highest BCUT2D eigenvalue weighted by atomic mass is 32.2. The summed E-state index contributed by atoms with van der Waals surface area (Å²) in [4.78, 5) is 0. The van der Waals surface area contributed by atoms with E-state index in [2.05, 4.69) is 5.32 Å². The zero-order chi connectivity index (χ0) is 15.0.